The van der Waals surface area contributed by atoms with Gasteiger partial charge in [0, 0.05) is 46.8 Å². The molecule has 0 heterocycles. The van der Waals surface area contributed by atoms with E-state index in [-0.39, 0.29) is 98.0 Å². The van der Waals surface area contributed by atoms with Gasteiger partial charge in [0.1, 0.15) is 0 Å². The molecule has 4 heteroatoms. The Morgan fingerprint density at radius 2 is 1.00 bits per heavy atom. The predicted molar refractivity (Wildman–Crippen MR) is 19.9 cm³/mol. The average molecular weight is 510 g/mol. The SMILES string of the molecule is [Cd].[PbH2].[SnH4].[Zn]. The molecule has 0 fully saturated rings. The largest absolute Gasteiger partial charge is 0 e. The molecule has 0 unspecified atom stereocenters. The van der Waals surface area contributed by atoms with Crippen LogP contribution in [0, 0.1) is 0 Å². The molecule has 0 spiro atoms. The van der Waals surface area contributed by atoms with E-state index >= 15 is 0 Å². The van der Waals surface area contributed by atoms with E-state index in [2.05, 4.69) is 0 Å². The summed E-state index contributed by atoms with van der Waals surface area (Å²) < 4.78 is 0. The number of rotatable bonds is 0. The molecule has 0 saturated heterocycles. The Balaban J connectivity index is 0. The summed E-state index contributed by atoms with van der Waals surface area (Å²) in [7, 11) is 0. The average Bonchev–Trinajstić information content (AvgIpc) is 0. The van der Waals surface area contributed by atoms with Crippen molar-refractivity contribution in [1.29, 1.82) is 0 Å². The Kier molecular flexibility index (Phi) is 109. The van der Waals surface area contributed by atoms with Crippen LogP contribution in [-0.4, -0.2) is 51.2 Å². The molecule has 0 amide bonds. The topological polar surface area (TPSA) is 0 Å². The maximum Gasteiger partial charge on any atom is 0 e. The van der Waals surface area contributed by atoms with E-state index in [0.717, 1.165) is 0 Å². The molecule has 0 aliphatic carbocycles. The quantitative estimate of drug-likeness (QED) is 0.320. The van der Waals surface area contributed by atoms with E-state index in [9.17, 15) is 0 Å². The van der Waals surface area contributed by atoms with E-state index in [4.69, 9.17) is 0 Å². The fourth-order valence-corrected chi connectivity index (χ4v) is 0. The van der Waals surface area contributed by atoms with Gasteiger partial charge in [0.15, 0.2) is 0 Å². The molecule has 0 bridgehead atoms. The Hall–Kier alpha value is 3.27. The van der Waals surface area contributed by atoms with Gasteiger partial charge in [-0.2, -0.15) is 0 Å². The van der Waals surface area contributed by atoms with Crippen molar-refractivity contribution in [1.82, 2.24) is 0 Å². The van der Waals surface area contributed by atoms with E-state index in [1.165, 1.54) is 0 Å². The second-order valence-electron chi connectivity index (χ2n) is 0. The van der Waals surface area contributed by atoms with Crippen molar-refractivity contribution in [3.8, 4) is 0 Å². The van der Waals surface area contributed by atoms with Gasteiger partial charge in [-0.15, -0.1) is 0 Å². The predicted octanol–water partition coefficient (Wildman–Crippen LogP) is -2.37. The Morgan fingerprint density at radius 1 is 1.00 bits per heavy atom. The van der Waals surface area contributed by atoms with Crippen LogP contribution in [0.1, 0.15) is 0 Å². The van der Waals surface area contributed by atoms with Crippen molar-refractivity contribution >= 4 is 51.2 Å². The summed E-state index contributed by atoms with van der Waals surface area (Å²) in [6.45, 7) is 0. The summed E-state index contributed by atoms with van der Waals surface area (Å²) in [4.78, 5) is 0. The molecule has 0 saturated carbocycles. The maximum atomic E-state index is 0. The van der Waals surface area contributed by atoms with E-state index in [1.54, 1.807) is 0 Å². The maximum absolute atomic E-state index is 0. The van der Waals surface area contributed by atoms with Crippen LogP contribution < -0.4 is 0 Å². The van der Waals surface area contributed by atoms with Crippen LogP contribution >= 0.6 is 0 Å². The summed E-state index contributed by atoms with van der Waals surface area (Å²) in [5.74, 6) is 0. The van der Waals surface area contributed by atoms with Gasteiger partial charge in [-0.1, -0.05) is 0 Å². The second kappa shape index (κ2) is 16.3. The monoisotopic (exact) mass is 512 g/mol. The smallest absolute Gasteiger partial charge is 0 e. The van der Waals surface area contributed by atoms with Crippen molar-refractivity contribution in [2.75, 3.05) is 0 Å². The number of hydrogen-bond acceptors (Lipinski definition) is 0. The molecule has 0 nitrogen and oxygen atoms in total. The van der Waals surface area contributed by atoms with Crippen LogP contribution in [0.15, 0.2) is 0 Å². The van der Waals surface area contributed by atoms with Gasteiger partial charge < -0.3 is 0 Å². The first-order valence-corrected chi connectivity index (χ1v) is 0. The third kappa shape index (κ3) is 8.98. The fraction of sp³-hybridized carbons (Fsp3) is 0. The first-order chi connectivity index (χ1) is 0. The molecule has 0 aromatic heterocycles. The molecule has 0 aromatic rings. The fourth-order valence-electron chi connectivity index (χ4n) is 0. The van der Waals surface area contributed by atoms with Crippen LogP contribution in [0.5, 0.6) is 0 Å². The minimum atomic E-state index is 0. The van der Waals surface area contributed by atoms with Gasteiger partial charge in [0.2, 0.25) is 0 Å². The van der Waals surface area contributed by atoms with Gasteiger partial charge in [-0.25, -0.2) is 0 Å². The van der Waals surface area contributed by atoms with Crippen LogP contribution in [0.3, 0.4) is 0 Å². The van der Waals surface area contributed by atoms with Crippen LogP contribution in [0.2, 0.25) is 0 Å². The third-order valence-corrected chi connectivity index (χ3v) is 0. The van der Waals surface area contributed by atoms with Crippen LogP contribution in [0.4, 0.5) is 0 Å². The van der Waals surface area contributed by atoms with Gasteiger partial charge in [-0.05, 0) is 0 Å². The zero-order valence-electron chi connectivity index (χ0n) is 2.12. The summed E-state index contributed by atoms with van der Waals surface area (Å²) in [5.41, 5.74) is 0. The molecule has 0 atom stereocenters. The molecule has 0 aliphatic heterocycles. The number of hydrogen-bond donors (Lipinski definition) is 0. The summed E-state index contributed by atoms with van der Waals surface area (Å²) in [5, 5.41) is 0. The van der Waals surface area contributed by atoms with Crippen molar-refractivity contribution in [2.45, 2.75) is 0 Å². The van der Waals surface area contributed by atoms with Crippen molar-refractivity contribution in [3.05, 3.63) is 0 Å². The zero-order chi connectivity index (χ0) is 0. The second-order valence-corrected chi connectivity index (χ2v) is 0. The molecule has 2 radical (unpaired) electrons. The summed E-state index contributed by atoms with van der Waals surface area (Å²) >= 11 is 0. The van der Waals surface area contributed by atoms with Gasteiger partial charge in [0.25, 0.3) is 0 Å². The van der Waals surface area contributed by atoms with Crippen molar-refractivity contribution < 1.29 is 46.8 Å². The van der Waals surface area contributed by atoms with Crippen LogP contribution in [-0.2, 0) is 46.8 Å². The zero-order valence-corrected chi connectivity index (χ0v) is 14.6. The van der Waals surface area contributed by atoms with Crippen molar-refractivity contribution in [3.63, 3.8) is 0 Å². The Bertz CT molecular complexity index is 8.00. The molecular formula is H6CdPbSnZn. The van der Waals surface area contributed by atoms with Crippen molar-refractivity contribution in [2.24, 2.45) is 0 Å². The molecule has 0 N–H and O–H groups in total. The standard InChI is InChI=1S/Cd.Pb.Sn.Zn.6H. The minimum Gasteiger partial charge on any atom is 0 e. The van der Waals surface area contributed by atoms with E-state index in [0.29, 0.717) is 0 Å². The Labute approximate surface area is 95.9 Å². The minimum absolute atomic E-state index is 0. The molecule has 4 heavy (non-hydrogen) atoms. The Morgan fingerprint density at radius 3 is 1.00 bits per heavy atom. The molecule has 0 aromatic carbocycles. The first kappa shape index (κ1) is 26.7. The summed E-state index contributed by atoms with van der Waals surface area (Å²) in [6, 6.07) is 0. The first-order valence-electron chi connectivity index (χ1n) is 0. The molecule has 0 rings (SSSR count). The van der Waals surface area contributed by atoms with Gasteiger partial charge >= 0.3 is 51.2 Å². The molecule has 0 aliphatic rings. The van der Waals surface area contributed by atoms with Gasteiger partial charge in [-0.3, -0.25) is 0 Å². The van der Waals surface area contributed by atoms with E-state index < -0.39 is 0 Å². The third-order valence-electron chi connectivity index (χ3n) is 0. The normalized spacial score (nSPS) is 0. The molecular weight excluding hydrogens is 504 g/mol. The summed E-state index contributed by atoms with van der Waals surface area (Å²) in [6.07, 6.45) is 0. The molecule has 18 valence electrons. The van der Waals surface area contributed by atoms with Gasteiger partial charge in [0.05, 0.1) is 0 Å². The van der Waals surface area contributed by atoms with Crippen LogP contribution in [0.25, 0.3) is 0 Å². The van der Waals surface area contributed by atoms with E-state index in [1.807, 2.05) is 0 Å².